The van der Waals surface area contributed by atoms with Crippen LogP contribution >= 0.6 is 0 Å². The lowest BCUT2D eigenvalue weighted by atomic mass is 9.86. The zero-order chi connectivity index (χ0) is 21.9. The summed E-state index contributed by atoms with van der Waals surface area (Å²) < 4.78 is 6.71. The van der Waals surface area contributed by atoms with E-state index in [4.69, 9.17) is 9.72 Å². The molecule has 0 amide bonds. The molecule has 0 radical (unpaired) electrons. The third kappa shape index (κ3) is 2.72. The van der Waals surface area contributed by atoms with Crippen LogP contribution in [0.3, 0.4) is 0 Å². The zero-order valence-corrected chi connectivity index (χ0v) is 17.4. The molecular formula is C23H23N3O5. The predicted molar refractivity (Wildman–Crippen MR) is 114 cm³/mol. The quantitative estimate of drug-likeness (QED) is 0.431. The highest BCUT2D eigenvalue weighted by atomic mass is 16.6. The van der Waals surface area contributed by atoms with Crippen LogP contribution in [0.25, 0.3) is 22.3 Å². The molecule has 0 bridgehead atoms. The number of fused-ring (bicyclic) bond motifs is 5. The van der Waals surface area contributed by atoms with Gasteiger partial charge in [0.25, 0.3) is 5.56 Å². The minimum absolute atomic E-state index is 0.104. The Morgan fingerprint density at radius 1 is 1.26 bits per heavy atom. The molecule has 8 heteroatoms. The minimum Gasteiger partial charge on any atom is -0.508 e. The standard InChI is InChI=1S/C23H23N3O5/c1-3-23(30)16-8-18-20-12(10-26(18)21(28)15(16)11-31-22(23)29)7-13-14(9-24-4-2)19(27)6-5-17(13)25-20/h5-8,24,27,30H,3-4,9-11H2,1-2H3. The van der Waals surface area contributed by atoms with Gasteiger partial charge in [-0.1, -0.05) is 13.8 Å². The van der Waals surface area contributed by atoms with E-state index < -0.39 is 11.6 Å². The molecule has 31 heavy (non-hydrogen) atoms. The average molecular weight is 421 g/mol. The summed E-state index contributed by atoms with van der Waals surface area (Å²) in [6.45, 7) is 5.12. The summed E-state index contributed by atoms with van der Waals surface area (Å²) in [6, 6.07) is 7.03. The Morgan fingerprint density at radius 2 is 2.06 bits per heavy atom. The highest BCUT2D eigenvalue weighted by Crippen LogP contribution is 2.39. The van der Waals surface area contributed by atoms with Crippen LogP contribution in [0.5, 0.6) is 5.75 Å². The van der Waals surface area contributed by atoms with Gasteiger partial charge in [0.05, 0.1) is 29.0 Å². The smallest absolute Gasteiger partial charge is 0.343 e. The number of nitrogens with one attached hydrogen (secondary N) is 1. The summed E-state index contributed by atoms with van der Waals surface area (Å²) >= 11 is 0. The van der Waals surface area contributed by atoms with Crippen molar-refractivity contribution in [3.8, 4) is 17.1 Å². The van der Waals surface area contributed by atoms with Gasteiger partial charge in [-0.2, -0.15) is 0 Å². The number of aromatic nitrogens is 2. The molecule has 2 aliphatic heterocycles. The molecule has 1 atom stereocenters. The summed E-state index contributed by atoms with van der Waals surface area (Å²) in [5, 5.41) is 25.4. The Balaban J connectivity index is 1.73. The van der Waals surface area contributed by atoms with Crippen molar-refractivity contribution in [1.29, 1.82) is 0 Å². The van der Waals surface area contributed by atoms with Crippen molar-refractivity contribution >= 4 is 16.9 Å². The zero-order valence-electron chi connectivity index (χ0n) is 17.4. The number of hydrogen-bond donors (Lipinski definition) is 3. The summed E-state index contributed by atoms with van der Waals surface area (Å²) in [5.74, 6) is -0.540. The monoisotopic (exact) mass is 421 g/mol. The molecule has 1 unspecified atom stereocenters. The summed E-state index contributed by atoms with van der Waals surface area (Å²) in [4.78, 5) is 30.3. The molecule has 160 valence electrons. The molecule has 0 saturated heterocycles. The number of aliphatic hydroxyl groups is 1. The molecule has 0 saturated carbocycles. The maximum Gasteiger partial charge on any atom is 0.343 e. The van der Waals surface area contributed by atoms with E-state index >= 15 is 0 Å². The van der Waals surface area contributed by atoms with E-state index in [1.807, 2.05) is 13.0 Å². The SMILES string of the molecule is CCNCc1c(O)ccc2nc3c(cc12)Cn1c-3cc2c(c1=O)COC(=O)C2(O)CC. The highest BCUT2D eigenvalue weighted by molar-refractivity contribution is 5.89. The number of pyridine rings is 2. The van der Waals surface area contributed by atoms with E-state index in [1.165, 1.54) is 0 Å². The molecule has 3 N–H and O–H groups in total. The lowest BCUT2D eigenvalue weighted by molar-refractivity contribution is -0.172. The van der Waals surface area contributed by atoms with Gasteiger partial charge in [-0.05, 0) is 37.2 Å². The van der Waals surface area contributed by atoms with E-state index in [-0.39, 0.29) is 24.3 Å². The summed E-state index contributed by atoms with van der Waals surface area (Å²) in [7, 11) is 0. The van der Waals surface area contributed by atoms with Crippen molar-refractivity contribution in [2.45, 2.75) is 45.6 Å². The van der Waals surface area contributed by atoms with Crippen LogP contribution in [-0.4, -0.2) is 32.3 Å². The van der Waals surface area contributed by atoms with Crippen LogP contribution in [0.1, 0.15) is 42.5 Å². The van der Waals surface area contributed by atoms with Crippen molar-refractivity contribution in [3.63, 3.8) is 0 Å². The number of carbonyl (C=O) groups excluding carboxylic acids is 1. The van der Waals surface area contributed by atoms with Gasteiger partial charge in [-0.25, -0.2) is 9.78 Å². The number of esters is 1. The van der Waals surface area contributed by atoms with Gasteiger partial charge in [0.1, 0.15) is 12.4 Å². The number of hydrogen-bond acceptors (Lipinski definition) is 7. The van der Waals surface area contributed by atoms with Crippen molar-refractivity contribution in [2.24, 2.45) is 0 Å². The molecule has 3 aromatic rings. The van der Waals surface area contributed by atoms with Crippen LogP contribution < -0.4 is 10.9 Å². The van der Waals surface area contributed by atoms with Crippen molar-refractivity contribution in [1.82, 2.24) is 14.9 Å². The Bertz CT molecular complexity index is 1310. The Hall–Kier alpha value is -3.23. The van der Waals surface area contributed by atoms with Gasteiger partial charge in [0, 0.05) is 28.6 Å². The lowest BCUT2D eigenvalue weighted by Gasteiger charge is -2.31. The fourth-order valence-electron chi connectivity index (χ4n) is 4.54. The van der Waals surface area contributed by atoms with Crippen LogP contribution in [0.4, 0.5) is 0 Å². The molecular weight excluding hydrogens is 398 g/mol. The maximum absolute atomic E-state index is 13.2. The third-order valence-electron chi connectivity index (χ3n) is 6.33. The van der Waals surface area contributed by atoms with E-state index in [0.717, 1.165) is 23.1 Å². The molecule has 2 aliphatic rings. The fraction of sp³-hybridized carbons (Fsp3) is 0.348. The largest absolute Gasteiger partial charge is 0.508 e. The summed E-state index contributed by atoms with van der Waals surface area (Å²) in [5.41, 5.74) is 2.00. The average Bonchev–Trinajstić information content (AvgIpc) is 3.13. The number of aromatic hydroxyl groups is 1. The molecule has 2 aromatic heterocycles. The Labute approximate surface area is 178 Å². The van der Waals surface area contributed by atoms with Gasteiger partial charge < -0.3 is 24.8 Å². The first-order chi connectivity index (χ1) is 14.9. The second-order valence-electron chi connectivity index (χ2n) is 8.01. The molecule has 1 aromatic carbocycles. The molecule has 0 fully saturated rings. The van der Waals surface area contributed by atoms with Crippen LogP contribution in [-0.2, 0) is 34.8 Å². The van der Waals surface area contributed by atoms with Crippen molar-refractivity contribution in [3.05, 3.63) is 56.9 Å². The number of nitrogens with zero attached hydrogens (tertiary/aromatic N) is 2. The molecule has 4 heterocycles. The number of phenolic OH excluding ortho intramolecular Hbond substituents is 1. The van der Waals surface area contributed by atoms with Crippen molar-refractivity contribution < 1.29 is 19.7 Å². The van der Waals surface area contributed by atoms with E-state index in [1.54, 1.807) is 29.7 Å². The normalized spacial score (nSPS) is 19.1. The number of cyclic esters (lactones) is 1. The molecule has 0 spiro atoms. The van der Waals surface area contributed by atoms with Crippen LogP contribution in [0.15, 0.2) is 29.1 Å². The molecule has 0 aliphatic carbocycles. The van der Waals surface area contributed by atoms with Crippen molar-refractivity contribution in [2.75, 3.05) is 6.54 Å². The highest BCUT2D eigenvalue weighted by Gasteiger charge is 2.45. The van der Waals surface area contributed by atoms with Gasteiger partial charge >= 0.3 is 5.97 Å². The second-order valence-corrected chi connectivity index (χ2v) is 8.01. The number of rotatable bonds is 4. The lowest BCUT2D eigenvalue weighted by Crippen LogP contribution is -2.44. The first-order valence-electron chi connectivity index (χ1n) is 10.4. The molecule has 5 rings (SSSR count). The second kappa shape index (κ2) is 6.90. The third-order valence-corrected chi connectivity index (χ3v) is 6.33. The van der Waals surface area contributed by atoms with Gasteiger partial charge in [0.15, 0.2) is 5.60 Å². The van der Waals surface area contributed by atoms with Gasteiger partial charge in [-0.15, -0.1) is 0 Å². The van der Waals surface area contributed by atoms with Crippen LogP contribution in [0, 0.1) is 0 Å². The van der Waals surface area contributed by atoms with E-state index in [2.05, 4.69) is 5.32 Å². The number of benzene rings is 1. The van der Waals surface area contributed by atoms with Gasteiger partial charge in [0.2, 0.25) is 0 Å². The maximum atomic E-state index is 13.2. The molecule has 8 nitrogen and oxygen atoms in total. The first kappa shape index (κ1) is 19.7. The van der Waals surface area contributed by atoms with E-state index in [0.29, 0.717) is 41.1 Å². The van der Waals surface area contributed by atoms with Crippen LogP contribution in [0.2, 0.25) is 0 Å². The first-order valence-corrected chi connectivity index (χ1v) is 10.4. The Morgan fingerprint density at radius 3 is 2.81 bits per heavy atom. The fourth-order valence-corrected chi connectivity index (χ4v) is 4.54. The minimum atomic E-state index is -1.84. The Kier molecular flexibility index (Phi) is 4.39. The van der Waals surface area contributed by atoms with Gasteiger partial charge in [-0.3, -0.25) is 4.79 Å². The number of ether oxygens (including phenoxy) is 1. The number of phenols is 1. The summed E-state index contributed by atoms with van der Waals surface area (Å²) in [6.07, 6.45) is 0.104. The van der Waals surface area contributed by atoms with E-state index in [9.17, 15) is 19.8 Å². The topological polar surface area (TPSA) is 114 Å². The number of carbonyl (C=O) groups is 1. The predicted octanol–water partition coefficient (Wildman–Crippen LogP) is 1.89.